The number of halogens is 1. The van der Waals surface area contributed by atoms with Crippen LogP contribution in [0.25, 0.3) is 0 Å². The Labute approximate surface area is 173 Å². The molecule has 28 heavy (non-hydrogen) atoms. The second-order valence-corrected chi connectivity index (χ2v) is 9.58. The molecule has 0 aromatic heterocycles. The first-order valence-electron chi connectivity index (χ1n) is 9.21. The molecule has 0 bridgehead atoms. The van der Waals surface area contributed by atoms with Gasteiger partial charge >= 0.3 is 0 Å². The number of rotatable bonds is 6. The lowest BCUT2D eigenvalue weighted by Crippen LogP contribution is -2.44. The van der Waals surface area contributed by atoms with E-state index in [1.807, 2.05) is 6.07 Å². The third-order valence-corrected chi connectivity index (χ3v) is 7.26. The zero-order valence-electron chi connectivity index (χ0n) is 15.3. The minimum Gasteiger partial charge on any atom is -0.396 e. The summed E-state index contributed by atoms with van der Waals surface area (Å²) in [4.78, 5) is 12.7. The van der Waals surface area contributed by atoms with Gasteiger partial charge in [-0.2, -0.15) is 4.31 Å². The maximum absolute atomic E-state index is 13.2. The lowest BCUT2D eigenvalue weighted by Gasteiger charge is -2.34. The number of carbonyl (C=O) groups excluding carboxylic acids is 1. The van der Waals surface area contributed by atoms with Crippen LogP contribution >= 0.6 is 15.9 Å². The lowest BCUT2D eigenvalue weighted by atomic mass is 10.0. The van der Waals surface area contributed by atoms with Gasteiger partial charge in [-0.1, -0.05) is 34.5 Å². The molecule has 150 valence electrons. The van der Waals surface area contributed by atoms with Gasteiger partial charge in [0.2, 0.25) is 10.0 Å². The Kier molecular flexibility index (Phi) is 6.87. The predicted octanol–water partition coefficient (Wildman–Crippen LogP) is 3.63. The summed E-state index contributed by atoms with van der Waals surface area (Å²) in [5.74, 6) is -0.374. The highest BCUT2D eigenvalue weighted by Gasteiger charge is 2.33. The van der Waals surface area contributed by atoms with Crippen molar-refractivity contribution in [2.24, 2.45) is 0 Å². The van der Waals surface area contributed by atoms with E-state index in [0.29, 0.717) is 18.7 Å². The maximum Gasteiger partial charge on any atom is 0.255 e. The molecule has 0 aliphatic carbocycles. The van der Waals surface area contributed by atoms with E-state index in [9.17, 15) is 18.3 Å². The number of carbonyl (C=O) groups is 1. The van der Waals surface area contributed by atoms with Crippen LogP contribution in [0, 0.1) is 0 Å². The molecule has 1 aliphatic rings. The van der Waals surface area contributed by atoms with Crippen LogP contribution in [0.3, 0.4) is 0 Å². The largest absolute Gasteiger partial charge is 0.396 e. The first kappa shape index (κ1) is 21.0. The quantitative estimate of drug-likeness (QED) is 0.680. The fraction of sp³-hybridized carbons (Fsp3) is 0.350. The van der Waals surface area contributed by atoms with E-state index in [-0.39, 0.29) is 29.0 Å². The number of sulfonamides is 1. The number of amides is 1. The summed E-state index contributed by atoms with van der Waals surface area (Å²) in [6, 6.07) is 13.1. The van der Waals surface area contributed by atoms with E-state index in [2.05, 4.69) is 21.2 Å². The minimum atomic E-state index is -3.73. The number of aliphatic hydroxyl groups is 1. The molecule has 1 aliphatic heterocycles. The van der Waals surface area contributed by atoms with Crippen LogP contribution in [0.1, 0.15) is 36.0 Å². The van der Waals surface area contributed by atoms with Gasteiger partial charge in [0.15, 0.2) is 0 Å². The Morgan fingerprint density at radius 2 is 1.96 bits per heavy atom. The molecule has 1 atom stereocenters. The van der Waals surface area contributed by atoms with Crippen molar-refractivity contribution >= 4 is 37.5 Å². The van der Waals surface area contributed by atoms with Crippen molar-refractivity contribution in [3.8, 4) is 0 Å². The monoisotopic (exact) mass is 466 g/mol. The van der Waals surface area contributed by atoms with Gasteiger partial charge in [-0.3, -0.25) is 4.79 Å². The van der Waals surface area contributed by atoms with E-state index >= 15 is 0 Å². The molecule has 2 aromatic rings. The first-order valence-corrected chi connectivity index (χ1v) is 11.4. The van der Waals surface area contributed by atoms with Crippen LogP contribution in [0.15, 0.2) is 57.9 Å². The third-order valence-electron chi connectivity index (χ3n) is 4.82. The van der Waals surface area contributed by atoms with Gasteiger partial charge in [-0.05, 0) is 55.7 Å². The van der Waals surface area contributed by atoms with Gasteiger partial charge in [-0.25, -0.2) is 8.42 Å². The summed E-state index contributed by atoms with van der Waals surface area (Å²) in [5.41, 5.74) is 0.892. The number of anilines is 1. The Hall–Kier alpha value is -1.74. The first-order chi connectivity index (χ1) is 13.4. The highest BCUT2D eigenvalue weighted by atomic mass is 79.9. The highest BCUT2D eigenvalue weighted by molar-refractivity contribution is 9.10. The van der Waals surface area contributed by atoms with Crippen molar-refractivity contribution in [3.63, 3.8) is 0 Å². The molecule has 6 nitrogen and oxygen atoms in total. The molecule has 1 heterocycles. The van der Waals surface area contributed by atoms with Crippen molar-refractivity contribution in [3.05, 3.63) is 58.6 Å². The van der Waals surface area contributed by atoms with Crippen LogP contribution in [0.5, 0.6) is 0 Å². The van der Waals surface area contributed by atoms with E-state index in [4.69, 9.17) is 0 Å². The zero-order chi connectivity index (χ0) is 20.1. The number of nitrogens with one attached hydrogen (secondary N) is 1. The van der Waals surface area contributed by atoms with E-state index in [1.54, 1.807) is 30.3 Å². The molecule has 1 unspecified atom stereocenters. The Balaban J connectivity index is 1.84. The summed E-state index contributed by atoms with van der Waals surface area (Å²) < 4.78 is 28.6. The van der Waals surface area contributed by atoms with Crippen LogP contribution in [0.2, 0.25) is 0 Å². The summed E-state index contributed by atoms with van der Waals surface area (Å²) in [6.45, 7) is 0.382. The smallest absolute Gasteiger partial charge is 0.255 e. The van der Waals surface area contributed by atoms with Crippen molar-refractivity contribution in [1.29, 1.82) is 0 Å². The van der Waals surface area contributed by atoms with Crippen molar-refractivity contribution < 1.29 is 18.3 Å². The van der Waals surface area contributed by atoms with Crippen LogP contribution < -0.4 is 5.32 Å². The standard InChI is InChI=1S/C20H23BrN2O4S/c21-16-6-4-7-17(14-16)22-20(25)15-5-3-9-19(13-15)28(26,27)23-11-2-1-8-18(23)10-12-24/h3-7,9,13-14,18,24H,1-2,8,10-12H2,(H,22,25). The average molecular weight is 467 g/mol. The minimum absolute atomic E-state index is 0.0498. The molecule has 1 fully saturated rings. The summed E-state index contributed by atoms with van der Waals surface area (Å²) in [7, 11) is -3.73. The van der Waals surface area contributed by atoms with E-state index in [1.165, 1.54) is 16.4 Å². The van der Waals surface area contributed by atoms with Gasteiger partial charge in [0.1, 0.15) is 0 Å². The molecule has 0 spiro atoms. The number of aliphatic hydroxyl groups excluding tert-OH is 1. The summed E-state index contributed by atoms with van der Waals surface area (Å²) >= 11 is 3.35. The summed E-state index contributed by atoms with van der Waals surface area (Å²) in [6.07, 6.45) is 2.90. The number of hydrogen-bond donors (Lipinski definition) is 2. The Bertz CT molecular complexity index is 947. The molecule has 2 aromatic carbocycles. The van der Waals surface area contributed by atoms with Gasteiger partial charge in [-0.15, -0.1) is 0 Å². The molecule has 0 saturated carbocycles. The fourth-order valence-corrected chi connectivity index (χ4v) is 5.60. The Morgan fingerprint density at radius 1 is 1.18 bits per heavy atom. The Morgan fingerprint density at radius 3 is 2.71 bits per heavy atom. The number of piperidine rings is 1. The summed E-state index contributed by atoms with van der Waals surface area (Å²) in [5, 5.41) is 12.0. The normalized spacial score (nSPS) is 18.0. The molecule has 1 amide bonds. The number of hydrogen-bond acceptors (Lipinski definition) is 4. The molecule has 3 rings (SSSR count). The van der Waals surface area contributed by atoms with Crippen LogP contribution in [-0.2, 0) is 10.0 Å². The molecule has 2 N–H and O–H groups in total. The molecule has 1 saturated heterocycles. The van der Waals surface area contributed by atoms with E-state index < -0.39 is 10.0 Å². The second kappa shape index (κ2) is 9.17. The molecule has 0 radical (unpaired) electrons. The second-order valence-electron chi connectivity index (χ2n) is 6.77. The van der Waals surface area contributed by atoms with Crippen molar-refractivity contribution in [2.75, 3.05) is 18.5 Å². The van der Waals surface area contributed by atoms with Crippen molar-refractivity contribution in [2.45, 2.75) is 36.6 Å². The molecular formula is C20H23BrN2O4S. The SMILES string of the molecule is O=C(Nc1cccc(Br)c1)c1cccc(S(=O)(=O)N2CCCCC2CCO)c1. The predicted molar refractivity (Wildman–Crippen MR) is 112 cm³/mol. The number of benzene rings is 2. The zero-order valence-corrected chi connectivity index (χ0v) is 17.7. The van der Waals surface area contributed by atoms with Gasteiger partial charge in [0.05, 0.1) is 4.90 Å². The average Bonchev–Trinajstić information content (AvgIpc) is 2.69. The highest BCUT2D eigenvalue weighted by Crippen LogP contribution is 2.27. The maximum atomic E-state index is 13.2. The van der Waals surface area contributed by atoms with Gasteiger partial charge < -0.3 is 10.4 Å². The van der Waals surface area contributed by atoms with Gasteiger partial charge in [0.25, 0.3) is 5.91 Å². The molecule has 8 heteroatoms. The van der Waals surface area contributed by atoms with Crippen LogP contribution in [0.4, 0.5) is 5.69 Å². The lowest BCUT2D eigenvalue weighted by molar-refractivity contribution is 0.102. The number of nitrogens with zero attached hydrogens (tertiary/aromatic N) is 1. The fourth-order valence-electron chi connectivity index (χ4n) is 3.43. The van der Waals surface area contributed by atoms with Crippen LogP contribution in [-0.4, -0.2) is 42.9 Å². The van der Waals surface area contributed by atoms with Crippen molar-refractivity contribution in [1.82, 2.24) is 4.31 Å². The molecular weight excluding hydrogens is 444 g/mol. The van der Waals surface area contributed by atoms with Gasteiger partial charge in [0, 0.05) is 34.9 Å². The topological polar surface area (TPSA) is 86.7 Å². The van der Waals surface area contributed by atoms with E-state index in [0.717, 1.165) is 23.7 Å². The third kappa shape index (κ3) is 4.81.